The Morgan fingerprint density at radius 1 is 1.40 bits per heavy atom. The molecule has 2 aromatic rings. The molecule has 1 aromatic heterocycles. The van der Waals surface area contributed by atoms with Gasteiger partial charge in [0.15, 0.2) is 9.84 Å². The minimum Gasteiger partial charge on any atom is -0.323 e. The standard InChI is InChI=1S/C13H14Cl2N2O2S/c14-6-4-12-16-11-3-1-2-10(15)13(11)17(12)9-5-7-20(18,19)8-9/h1-3,9H,4-8H2. The van der Waals surface area contributed by atoms with Crippen LogP contribution in [0.25, 0.3) is 11.0 Å². The first-order chi connectivity index (χ1) is 9.52. The van der Waals surface area contributed by atoms with Crippen molar-refractivity contribution in [2.75, 3.05) is 17.4 Å². The van der Waals surface area contributed by atoms with Crippen LogP contribution in [0.2, 0.25) is 5.02 Å². The predicted octanol–water partition coefficient (Wildman–Crippen LogP) is 2.83. The minimum atomic E-state index is -2.96. The number of aryl methyl sites for hydroxylation is 1. The van der Waals surface area contributed by atoms with E-state index in [9.17, 15) is 8.42 Å². The van der Waals surface area contributed by atoms with Crippen LogP contribution in [0, 0.1) is 0 Å². The van der Waals surface area contributed by atoms with E-state index in [1.54, 1.807) is 6.07 Å². The summed E-state index contributed by atoms with van der Waals surface area (Å²) in [5.74, 6) is 1.63. The quantitative estimate of drug-likeness (QED) is 0.812. The van der Waals surface area contributed by atoms with Gasteiger partial charge in [0.2, 0.25) is 0 Å². The van der Waals surface area contributed by atoms with Gasteiger partial charge in [0, 0.05) is 12.3 Å². The molecule has 108 valence electrons. The van der Waals surface area contributed by atoms with Crippen molar-refractivity contribution in [3.63, 3.8) is 0 Å². The molecule has 0 amide bonds. The average molecular weight is 333 g/mol. The molecule has 1 fully saturated rings. The fraction of sp³-hybridized carbons (Fsp3) is 0.462. The van der Waals surface area contributed by atoms with Crippen LogP contribution in [0.5, 0.6) is 0 Å². The number of rotatable bonds is 3. The predicted molar refractivity (Wildman–Crippen MR) is 81.5 cm³/mol. The molecule has 2 heterocycles. The second-order valence-corrected chi connectivity index (χ2v) is 8.02. The second-order valence-electron chi connectivity index (χ2n) is 5.00. The number of nitrogens with zero attached hydrogens (tertiary/aromatic N) is 2. The number of sulfone groups is 1. The molecule has 4 nitrogen and oxygen atoms in total. The van der Waals surface area contributed by atoms with E-state index in [0.717, 1.165) is 16.9 Å². The van der Waals surface area contributed by atoms with Crippen LogP contribution in [0.3, 0.4) is 0 Å². The summed E-state index contributed by atoms with van der Waals surface area (Å²) in [5.41, 5.74) is 1.61. The van der Waals surface area contributed by atoms with Crippen LogP contribution in [-0.2, 0) is 16.3 Å². The molecule has 1 aromatic carbocycles. The van der Waals surface area contributed by atoms with Crippen LogP contribution in [-0.4, -0.2) is 35.4 Å². The van der Waals surface area contributed by atoms with Crippen molar-refractivity contribution in [1.82, 2.24) is 9.55 Å². The third-order valence-corrected chi connectivity index (χ3v) is 5.87. The van der Waals surface area contributed by atoms with Crippen LogP contribution in [0.1, 0.15) is 18.3 Å². The number of aromatic nitrogens is 2. The summed E-state index contributed by atoms with van der Waals surface area (Å²) in [7, 11) is -2.96. The lowest BCUT2D eigenvalue weighted by Crippen LogP contribution is -2.14. The molecule has 1 saturated heterocycles. The highest BCUT2D eigenvalue weighted by atomic mass is 35.5. The fourth-order valence-electron chi connectivity index (χ4n) is 2.79. The first-order valence-corrected chi connectivity index (χ1v) is 9.17. The van der Waals surface area contributed by atoms with Gasteiger partial charge in [-0.15, -0.1) is 11.6 Å². The first-order valence-electron chi connectivity index (χ1n) is 6.43. The number of halogens is 2. The van der Waals surface area contributed by atoms with Gasteiger partial charge in [-0.2, -0.15) is 0 Å². The maximum absolute atomic E-state index is 11.7. The van der Waals surface area contributed by atoms with Gasteiger partial charge in [0.1, 0.15) is 5.82 Å². The molecule has 0 N–H and O–H groups in total. The van der Waals surface area contributed by atoms with Crippen molar-refractivity contribution in [2.24, 2.45) is 0 Å². The summed E-state index contributed by atoms with van der Waals surface area (Å²) in [6.45, 7) is 0. The molecule has 0 spiro atoms. The van der Waals surface area contributed by atoms with Gasteiger partial charge in [-0.25, -0.2) is 13.4 Å². The summed E-state index contributed by atoms with van der Waals surface area (Å²) < 4.78 is 25.4. The summed E-state index contributed by atoms with van der Waals surface area (Å²) in [6.07, 6.45) is 1.21. The minimum absolute atomic E-state index is 0.0943. The van der Waals surface area contributed by atoms with E-state index in [0.29, 0.717) is 23.7 Å². The Bertz CT molecular complexity index is 755. The number of para-hydroxylation sites is 1. The molecule has 0 radical (unpaired) electrons. The molecule has 0 saturated carbocycles. The van der Waals surface area contributed by atoms with E-state index >= 15 is 0 Å². The van der Waals surface area contributed by atoms with Crippen LogP contribution in [0.15, 0.2) is 18.2 Å². The van der Waals surface area contributed by atoms with E-state index in [4.69, 9.17) is 23.2 Å². The molecule has 1 aliphatic rings. The Labute approximate surface area is 127 Å². The highest BCUT2D eigenvalue weighted by Crippen LogP contribution is 2.33. The first kappa shape index (κ1) is 14.2. The topological polar surface area (TPSA) is 52.0 Å². The Kier molecular flexibility index (Phi) is 3.69. The molecular formula is C13H14Cl2N2O2S. The molecule has 1 aliphatic heterocycles. The highest BCUT2D eigenvalue weighted by Gasteiger charge is 2.32. The summed E-state index contributed by atoms with van der Waals surface area (Å²) in [4.78, 5) is 4.55. The zero-order chi connectivity index (χ0) is 14.3. The molecule has 3 rings (SSSR count). The van der Waals surface area contributed by atoms with E-state index < -0.39 is 9.84 Å². The molecule has 0 bridgehead atoms. The maximum atomic E-state index is 11.7. The SMILES string of the molecule is O=S1(=O)CCC(n2c(CCCl)nc3cccc(Cl)c32)C1. The van der Waals surface area contributed by atoms with Gasteiger partial charge in [-0.1, -0.05) is 17.7 Å². The Morgan fingerprint density at radius 2 is 2.20 bits per heavy atom. The number of fused-ring (bicyclic) bond motifs is 1. The summed E-state index contributed by atoms with van der Waals surface area (Å²) in [5, 5.41) is 0.597. The van der Waals surface area contributed by atoms with Gasteiger partial charge >= 0.3 is 0 Å². The number of alkyl halides is 1. The zero-order valence-electron chi connectivity index (χ0n) is 10.7. The van der Waals surface area contributed by atoms with E-state index in [1.807, 2.05) is 16.7 Å². The van der Waals surface area contributed by atoms with Crippen LogP contribution < -0.4 is 0 Å². The van der Waals surface area contributed by atoms with Crippen LogP contribution >= 0.6 is 23.2 Å². The highest BCUT2D eigenvalue weighted by molar-refractivity contribution is 7.91. The van der Waals surface area contributed by atoms with Crippen molar-refractivity contribution < 1.29 is 8.42 Å². The maximum Gasteiger partial charge on any atom is 0.152 e. The molecular weight excluding hydrogens is 319 g/mol. The zero-order valence-corrected chi connectivity index (χ0v) is 13.0. The van der Waals surface area contributed by atoms with Gasteiger partial charge < -0.3 is 4.57 Å². The van der Waals surface area contributed by atoms with E-state index in [-0.39, 0.29) is 17.5 Å². The van der Waals surface area contributed by atoms with Crippen molar-refractivity contribution in [1.29, 1.82) is 0 Å². The molecule has 1 atom stereocenters. The smallest absolute Gasteiger partial charge is 0.152 e. The Morgan fingerprint density at radius 3 is 2.85 bits per heavy atom. The largest absolute Gasteiger partial charge is 0.323 e. The molecule has 7 heteroatoms. The molecule has 0 aliphatic carbocycles. The van der Waals surface area contributed by atoms with Crippen molar-refractivity contribution >= 4 is 44.1 Å². The number of benzene rings is 1. The fourth-order valence-corrected chi connectivity index (χ4v) is 4.92. The van der Waals surface area contributed by atoms with Crippen molar-refractivity contribution in [2.45, 2.75) is 18.9 Å². The monoisotopic (exact) mass is 332 g/mol. The van der Waals surface area contributed by atoms with Gasteiger partial charge in [0.25, 0.3) is 0 Å². The third kappa shape index (κ3) is 2.43. The lowest BCUT2D eigenvalue weighted by Gasteiger charge is -2.15. The number of imidazole rings is 1. The lowest BCUT2D eigenvalue weighted by molar-refractivity contribution is 0.548. The molecule has 1 unspecified atom stereocenters. The lowest BCUT2D eigenvalue weighted by atomic mass is 10.2. The summed E-state index contributed by atoms with van der Waals surface area (Å²) >= 11 is 12.1. The van der Waals surface area contributed by atoms with Crippen molar-refractivity contribution in [3.8, 4) is 0 Å². The normalized spacial score (nSPS) is 21.6. The second kappa shape index (κ2) is 5.20. The average Bonchev–Trinajstić information content (AvgIpc) is 2.91. The Hall–Kier alpha value is -0.780. The molecule has 20 heavy (non-hydrogen) atoms. The number of hydrogen-bond donors (Lipinski definition) is 0. The third-order valence-electron chi connectivity index (χ3n) is 3.63. The van der Waals surface area contributed by atoms with Crippen LogP contribution in [0.4, 0.5) is 0 Å². The van der Waals surface area contributed by atoms with Gasteiger partial charge in [-0.3, -0.25) is 0 Å². The summed E-state index contributed by atoms with van der Waals surface area (Å²) in [6, 6.07) is 5.44. The van der Waals surface area contributed by atoms with E-state index in [2.05, 4.69) is 4.98 Å². The van der Waals surface area contributed by atoms with Crippen molar-refractivity contribution in [3.05, 3.63) is 29.0 Å². The number of hydrogen-bond acceptors (Lipinski definition) is 3. The Balaban J connectivity index is 2.19. The van der Waals surface area contributed by atoms with Gasteiger partial charge in [0.05, 0.1) is 33.6 Å². The van der Waals surface area contributed by atoms with E-state index in [1.165, 1.54) is 0 Å². The van der Waals surface area contributed by atoms with Gasteiger partial charge in [-0.05, 0) is 18.6 Å².